The molecule has 0 spiro atoms. The maximum atomic E-state index is 12.0. The number of amides is 3. The molecule has 0 saturated carbocycles. The van der Waals surface area contributed by atoms with Crippen LogP contribution in [0, 0.1) is 6.92 Å². The van der Waals surface area contributed by atoms with Crippen LogP contribution in [0.4, 0.5) is 10.5 Å². The monoisotopic (exact) mass is 369 g/mol. The normalized spacial score (nSPS) is 11.5. The molecule has 144 valence electrons. The summed E-state index contributed by atoms with van der Waals surface area (Å²) in [6.45, 7) is 3.70. The molecule has 0 bridgehead atoms. The number of hydrogen-bond donors (Lipinski definition) is 4. The Hall–Kier alpha value is -2.86. The van der Waals surface area contributed by atoms with E-state index >= 15 is 0 Å². The standard InChI is InChI=1S/C21H27N3O3/c1-3-16-8-6-10-18(11-16)23-20(26)13-22-21(27)24-19(14-25)12-17-9-5-4-7-15(17)2/h4-11,19,25H,3,12-14H2,1-2H3,(H,23,26)(H2,22,24,27)/t19-/m0/s1. The van der Waals surface area contributed by atoms with Gasteiger partial charge >= 0.3 is 6.03 Å². The summed E-state index contributed by atoms with van der Waals surface area (Å²) in [6, 6.07) is 14.5. The van der Waals surface area contributed by atoms with Gasteiger partial charge in [0.1, 0.15) is 0 Å². The number of anilines is 1. The predicted molar refractivity (Wildman–Crippen MR) is 107 cm³/mol. The first-order chi connectivity index (χ1) is 13.0. The highest BCUT2D eigenvalue weighted by molar-refractivity contribution is 5.94. The van der Waals surface area contributed by atoms with Crippen molar-refractivity contribution in [2.24, 2.45) is 0 Å². The van der Waals surface area contributed by atoms with Gasteiger partial charge in [-0.15, -0.1) is 0 Å². The van der Waals surface area contributed by atoms with Gasteiger partial charge < -0.3 is 21.1 Å². The summed E-state index contributed by atoms with van der Waals surface area (Å²) < 4.78 is 0. The van der Waals surface area contributed by atoms with E-state index in [1.807, 2.05) is 56.3 Å². The topological polar surface area (TPSA) is 90.5 Å². The molecule has 4 N–H and O–H groups in total. The van der Waals surface area contributed by atoms with Gasteiger partial charge in [-0.2, -0.15) is 0 Å². The van der Waals surface area contributed by atoms with Crippen molar-refractivity contribution in [2.45, 2.75) is 32.7 Å². The Balaban J connectivity index is 1.80. The lowest BCUT2D eigenvalue weighted by Crippen LogP contribution is -2.46. The van der Waals surface area contributed by atoms with E-state index in [1.165, 1.54) is 0 Å². The van der Waals surface area contributed by atoms with E-state index in [4.69, 9.17) is 0 Å². The van der Waals surface area contributed by atoms with Crippen LogP contribution in [0.1, 0.15) is 23.6 Å². The highest BCUT2D eigenvalue weighted by atomic mass is 16.3. The highest BCUT2D eigenvalue weighted by Crippen LogP contribution is 2.11. The second kappa shape index (κ2) is 10.3. The molecule has 0 radical (unpaired) electrons. The van der Waals surface area contributed by atoms with Crippen molar-refractivity contribution in [1.29, 1.82) is 0 Å². The van der Waals surface area contributed by atoms with Crippen molar-refractivity contribution >= 4 is 17.6 Å². The fraction of sp³-hybridized carbons (Fsp3) is 0.333. The van der Waals surface area contributed by atoms with E-state index in [0.717, 1.165) is 23.1 Å². The maximum absolute atomic E-state index is 12.0. The summed E-state index contributed by atoms with van der Waals surface area (Å²) in [4.78, 5) is 24.0. The zero-order valence-electron chi connectivity index (χ0n) is 15.8. The number of carbonyl (C=O) groups is 2. The van der Waals surface area contributed by atoms with Gasteiger partial charge in [0.15, 0.2) is 0 Å². The third-order valence-corrected chi connectivity index (χ3v) is 4.31. The van der Waals surface area contributed by atoms with Crippen LogP contribution in [-0.4, -0.2) is 36.2 Å². The van der Waals surface area contributed by atoms with Crippen LogP contribution >= 0.6 is 0 Å². The second-order valence-corrected chi connectivity index (χ2v) is 6.44. The molecular formula is C21H27N3O3. The van der Waals surface area contributed by atoms with Gasteiger partial charge in [-0.25, -0.2) is 4.79 Å². The summed E-state index contributed by atoms with van der Waals surface area (Å²) in [5.41, 5.74) is 3.99. The minimum Gasteiger partial charge on any atom is -0.394 e. The van der Waals surface area contributed by atoms with Gasteiger partial charge in [0.05, 0.1) is 19.2 Å². The summed E-state index contributed by atoms with van der Waals surface area (Å²) in [7, 11) is 0. The molecule has 0 aromatic heterocycles. The van der Waals surface area contributed by atoms with Gasteiger partial charge in [-0.05, 0) is 48.6 Å². The number of aliphatic hydroxyl groups is 1. The fourth-order valence-corrected chi connectivity index (χ4v) is 2.74. The van der Waals surface area contributed by atoms with Crippen molar-refractivity contribution in [3.63, 3.8) is 0 Å². The number of nitrogens with one attached hydrogen (secondary N) is 3. The van der Waals surface area contributed by atoms with Crippen LogP contribution < -0.4 is 16.0 Å². The van der Waals surface area contributed by atoms with Crippen molar-refractivity contribution in [2.75, 3.05) is 18.5 Å². The van der Waals surface area contributed by atoms with E-state index in [0.29, 0.717) is 12.1 Å². The minimum absolute atomic E-state index is 0.148. The largest absolute Gasteiger partial charge is 0.394 e. The van der Waals surface area contributed by atoms with Gasteiger partial charge in [0.2, 0.25) is 5.91 Å². The fourth-order valence-electron chi connectivity index (χ4n) is 2.74. The molecule has 2 aromatic carbocycles. The molecule has 0 aliphatic rings. The summed E-state index contributed by atoms with van der Waals surface area (Å²) in [5.74, 6) is -0.308. The van der Waals surface area contributed by atoms with Crippen LogP contribution in [0.25, 0.3) is 0 Å². The summed E-state index contributed by atoms with van der Waals surface area (Å²) in [5, 5.41) is 17.5. The molecule has 6 heteroatoms. The molecule has 0 saturated heterocycles. The first kappa shape index (κ1) is 20.5. The lowest BCUT2D eigenvalue weighted by atomic mass is 10.0. The Morgan fingerprint density at radius 1 is 1.11 bits per heavy atom. The van der Waals surface area contributed by atoms with Crippen LogP contribution in [0.3, 0.4) is 0 Å². The third-order valence-electron chi connectivity index (χ3n) is 4.31. The zero-order valence-corrected chi connectivity index (χ0v) is 15.8. The Morgan fingerprint density at radius 2 is 1.89 bits per heavy atom. The van der Waals surface area contributed by atoms with E-state index in [2.05, 4.69) is 16.0 Å². The van der Waals surface area contributed by atoms with E-state index in [1.54, 1.807) is 6.07 Å². The van der Waals surface area contributed by atoms with Crippen LogP contribution in [-0.2, 0) is 17.6 Å². The molecule has 1 atom stereocenters. The molecule has 2 aromatic rings. The first-order valence-corrected chi connectivity index (χ1v) is 9.10. The summed E-state index contributed by atoms with van der Waals surface area (Å²) >= 11 is 0. The molecule has 6 nitrogen and oxygen atoms in total. The Labute approximate surface area is 160 Å². The number of carbonyl (C=O) groups excluding carboxylic acids is 2. The van der Waals surface area contributed by atoms with E-state index in [-0.39, 0.29) is 19.1 Å². The number of benzene rings is 2. The van der Waals surface area contributed by atoms with Gasteiger partial charge in [0.25, 0.3) is 0 Å². The van der Waals surface area contributed by atoms with Crippen LogP contribution in [0.5, 0.6) is 0 Å². The highest BCUT2D eigenvalue weighted by Gasteiger charge is 2.14. The lowest BCUT2D eigenvalue weighted by molar-refractivity contribution is -0.115. The van der Waals surface area contributed by atoms with Gasteiger partial charge in [-0.3, -0.25) is 4.79 Å². The molecule has 0 aliphatic carbocycles. The minimum atomic E-state index is -0.486. The number of aliphatic hydroxyl groups excluding tert-OH is 1. The van der Waals surface area contributed by atoms with Crippen LogP contribution in [0.15, 0.2) is 48.5 Å². The van der Waals surface area contributed by atoms with Crippen molar-refractivity contribution in [1.82, 2.24) is 10.6 Å². The molecule has 0 unspecified atom stereocenters. The smallest absolute Gasteiger partial charge is 0.315 e. The molecule has 0 fully saturated rings. The molecule has 3 amide bonds. The zero-order chi connectivity index (χ0) is 19.6. The average Bonchev–Trinajstić information content (AvgIpc) is 2.67. The SMILES string of the molecule is CCc1cccc(NC(=O)CNC(=O)N[C@H](CO)Cc2ccccc2C)c1. The quantitative estimate of drug-likeness (QED) is 0.576. The molecule has 2 rings (SSSR count). The van der Waals surface area contributed by atoms with Gasteiger partial charge in [-0.1, -0.05) is 43.3 Å². The maximum Gasteiger partial charge on any atom is 0.315 e. The van der Waals surface area contributed by atoms with Crippen molar-refractivity contribution in [3.05, 3.63) is 65.2 Å². The molecule has 0 aliphatic heterocycles. The average molecular weight is 369 g/mol. The number of aryl methyl sites for hydroxylation is 2. The Bertz CT molecular complexity index is 777. The van der Waals surface area contributed by atoms with E-state index in [9.17, 15) is 14.7 Å². The summed E-state index contributed by atoms with van der Waals surface area (Å²) in [6.07, 6.45) is 1.40. The van der Waals surface area contributed by atoms with E-state index < -0.39 is 12.1 Å². The lowest BCUT2D eigenvalue weighted by Gasteiger charge is -2.18. The molecule has 0 heterocycles. The Kier molecular flexibility index (Phi) is 7.82. The number of rotatable bonds is 8. The van der Waals surface area contributed by atoms with Crippen molar-refractivity contribution in [3.8, 4) is 0 Å². The predicted octanol–water partition coefficient (Wildman–Crippen LogP) is 2.40. The number of urea groups is 1. The van der Waals surface area contributed by atoms with Gasteiger partial charge in [0, 0.05) is 5.69 Å². The van der Waals surface area contributed by atoms with Crippen molar-refractivity contribution < 1.29 is 14.7 Å². The molecular weight excluding hydrogens is 342 g/mol. The third kappa shape index (κ3) is 6.75. The first-order valence-electron chi connectivity index (χ1n) is 9.10. The second-order valence-electron chi connectivity index (χ2n) is 6.44. The Morgan fingerprint density at radius 3 is 2.59 bits per heavy atom. The molecule has 27 heavy (non-hydrogen) atoms. The number of hydrogen-bond acceptors (Lipinski definition) is 3. The van der Waals surface area contributed by atoms with Crippen LogP contribution in [0.2, 0.25) is 0 Å².